The zero-order valence-corrected chi connectivity index (χ0v) is 9.88. The maximum absolute atomic E-state index is 5.75. The van der Waals surface area contributed by atoms with Gasteiger partial charge in [-0.05, 0) is 26.7 Å². The number of nitrogens with zero attached hydrogens (tertiary/aromatic N) is 2. The van der Waals surface area contributed by atoms with Gasteiger partial charge in [-0.1, -0.05) is 20.3 Å². The smallest absolute Gasteiger partial charge is 0.0524 e. The summed E-state index contributed by atoms with van der Waals surface area (Å²) in [6.45, 7) is 11.8. The molecule has 0 rings (SSSR count). The summed E-state index contributed by atoms with van der Waals surface area (Å²) in [5, 5.41) is 5.99. The van der Waals surface area contributed by atoms with Crippen LogP contribution in [0.1, 0.15) is 47.0 Å². The number of hydrogen-bond acceptors (Lipinski definition) is 3. The monoisotopic (exact) mass is 197 g/mol. The molecule has 1 atom stereocenters. The van der Waals surface area contributed by atoms with Crippen molar-refractivity contribution >= 4 is 6.72 Å². The van der Waals surface area contributed by atoms with Crippen LogP contribution in [0.3, 0.4) is 0 Å². The molecule has 0 aliphatic rings. The van der Waals surface area contributed by atoms with Crippen molar-refractivity contribution in [3.8, 4) is 0 Å². The normalized spacial score (nSPS) is 14.6. The van der Waals surface area contributed by atoms with Crippen molar-refractivity contribution < 1.29 is 0 Å². The Hall–Kier alpha value is -0.990. The second kappa shape index (κ2) is 6.46. The Morgan fingerprint density at radius 3 is 2.29 bits per heavy atom. The maximum atomic E-state index is 5.75. The third kappa shape index (κ3) is 3.40. The van der Waals surface area contributed by atoms with E-state index in [1.54, 1.807) is 0 Å². The van der Waals surface area contributed by atoms with Crippen molar-refractivity contribution in [2.45, 2.75) is 53.0 Å². The molecule has 0 aromatic rings. The summed E-state index contributed by atoms with van der Waals surface area (Å²) in [7, 11) is 0. The van der Waals surface area contributed by atoms with Crippen molar-refractivity contribution in [3.05, 3.63) is 11.4 Å². The minimum absolute atomic E-state index is 0.427. The Labute approximate surface area is 87.7 Å². The van der Waals surface area contributed by atoms with Crippen LogP contribution in [0.15, 0.2) is 16.5 Å². The summed E-state index contributed by atoms with van der Waals surface area (Å²) >= 11 is 0. The summed E-state index contributed by atoms with van der Waals surface area (Å²) in [6, 6.07) is 0.427. The first-order valence-electron chi connectivity index (χ1n) is 5.27. The minimum Gasteiger partial charge on any atom is -0.401 e. The standard InChI is InChI=1S/C11H23N3/c1-6-8-11(7-2)14(13-5)10(4)9(3)12/h11H,5-8,12H2,1-4H3/b10-9+. The molecule has 0 bridgehead atoms. The van der Waals surface area contributed by atoms with Gasteiger partial charge in [-0.15, -0.1) is 0 Å². The van der Waals surface area contributed by atoms with Gasteiger partial charge >= 0.3 is 0 Å². The van der Waals surface area contributed by atoms with Gasteiger partial charge in [0, 0.05) is 12.4 Å². The second-order valence-electron chi connectivity index (χ2n) is 3.61. The lowest BCUT2D eigenvalue weighted by Crippen LogP contribution is -2.30. The number of hydrogen-bond donors (Lipinski definition) is 1. The van der Waals surface area contributed by atoms with E-state index in [1.165, 1.54) is 0 Å². The molecule has 3 heteroatoms. The zero-order chi connectivity index (χ0) is 11.1. The van der Waals surface area contributed by atoms with Crippen LogP contribution in [0.5, 0.6) is 0 Å². The van der Waals surface area contributed by atoms with E-state index in [4.69, 9.17) is 5.73 Å². The average molecular weight is 197 g/mol. The lowest BCUT2D eigenvalue weighted by Gasteiger charge is -2.29. The van der Waals surface area contributed by atoms with Crippen LogP contribution in [0, 0.1) is 0 Å². The third-order valence-corrected chi connectivity index (χ3v) is 2.51. The fourth-order valence-electron chi connectivity index (χ4n) is 1.51. The van der Waals surface area contributed by atoms with Gasteiger partial charge in [0.2, 0.25) is 0 Å². The van der Waals surface area contributed by atoms with E-state index in [1.807, 2.05) is 18.9 Å². The zero-order valence-electron chi connectivity index (χ0n) is 9.88. The molecule has 0 amide bonds. The Morgan fingerprint density at radius 1 is 1.43 bits per heavy atom. The first-order valence-corrected chi connectivity index (χ1v) is 5.27. The molecule has 0 radical (unpaired) electrons. The summed E-state index contributed by atoms with van der Waals surface area (Å²) in [6.07, 6.45) is 3.35. The van der Waals surface area contributed by atoms with Crippen molar-refractivity contribution in [1.29, 1.82) is 0 Å². The molecular weight excluding hydrogens is 174 g/mol. The SMILES string of the molecule is C=NN(/C(C)=C(\C)N)C(CC)CCC. The fourth-order valence-corrected chi connectivity index (χ4v) is 1.51. The molecule has 0 aliphatic heterocycles. The highest BCUT2D eigenvalue weighted by Crippen LogP contribution is 2.17. The third-order valence-electron chi connectivity index (χ3n) is 2.51. The van der Waals surface area contributed by atoms with Crippen molar-refractivity contribution in [2.75, 3.05) is 0 Å². The Morgan fingerprint density at radius 2 is 2.00 bits per heavy atom. The molecule has 0 aromatic carbocycles. The van der Waals surface area contributed by atoms with Gasteiger partial charge in [0.1, 0.15) is 0 Å². The molecule has 0 spiro atoms. The van der Waals surface area contributed by atoms with E-state index in [2.05, 4.69) is 25.7 Å². The number of rotatable bonds is 6. The molecular formula is C11H23N3. The predicted octanol–water partition coefficient (Wildman–Crippen LogP) is 2.69. The van der Waals surface area contributed by atoms with E-state index in [-0.39, 0.29) is 0 Å². The first-order chi connectivity index (χ1) is 6.58. The van der Waals surface area contributed by atoms with Crippen LogP contribution < -0.4 is 5.73 Å². The molecule has 0 aliphatic carbocycles. The number of nitrogens with two attached hydrogens (primary N) is 1. The van der Waals surface area contributed by atoms with E-state index >= 15 is 0 Å². The largest absolute Gasteiger partial charge is 0.401 e. The molecule has 0 saturated heterocycles. The van der Waals surface area contributed by atoms with E-state index in [9.17, 15) is 0 Å². The molecule has 3 nitrogen and oxygen atoms in total. The Kier molecular flexibility index (Phi) is 6.00. The molecule has 0 aromatic heterocycles. The Balaban J connectivity index is 4.68. The van der Waals surface area contributed by atoms with E-state index in [0.717, 1.165) is 30.7 Å². The highest BCUT2D eigenvalue weighted by Gasteiger charge is 2.15. The van der Waals surface area contributed by atoms with Gasteiger partial charge in [0.25, 0.3) is 0 Å². The summed E-state index contributed by atoms with van der Waals surface area (Å²) in [5.41, 5.74) is 7.58. The fraction of sp³-hybridized carbons (Fsp3) is 0.727. The minimum atomic E-state index is 0.427. The van der Waals surface area contributed by atoms with Crippen LogP contribution in [0.2, 0.25) is 0 Å². The molecule has 0 fully saturated rings. The molecule has 82 valence electrons. The van der Waals surface area contributed by atoms with Crippen molar-refractivity contribution in [3.63, 3.8) is 0 Å². The molecule has 1 unspecified atom stereocenters. The van der Waals surface area contributed by atoms with Gasteiger partial charge in [0.05, 0.1) is 11.7 Å². The molecule has 0 saturated carbocycles. The van der Waals surface area contributed by atoms with E-state index < -0.39 is 0 Å². The topological polar surface area (TPSA) is 41.6 Å². The lowest BCUT2D eigenvalue weighted by molar-refractivity contribution is 0.241. The molecule has 14 heavy (non-hydrogen) atoms. The highest BCUT2D eigenvalue weighted by molar-refractivity contribution is 5.24. The second-order valence-corrected chi connectivity index (χ2v) is 3.61. The molecule has 0 heterocycles. The van der Waals surface area contributed by atoms with Crippen LogP contribution in [0.25, 0.3) is 0 Å². The molecule has 2 N–H and O–H groups in total. The predicted molar refractivity (Wildman–Crippen MR) is 62.9 cm³/mol. The quantitative estimate of drug-likeness (QED) is 0.525. The Bertz CT molecular complexity index is 205. The lowest BCUT2D eigenvalue weighted by atomic mass is 10.1. The summed E-state index contributed by atoms with van der Waals surface area (Å²) < 4.78 is 0. The van der Waals surface area contributed by atoms with Gasteiger partial charge in [-0.2, -0.15) is 5.10 Å². The number of allylic oxidation sites excluding steroid dienone is 2. The van der Waals surface area contributed by atoms with E-state index in [0.29, 0.717) is 6.04 Å². The van der Waals surface area contributed by atoms with Crippen molar-refractivity contribution in [2.24, 2.45) is 10.8 Å². The average Bonchev–Trinajstić information content (AvgIpc) is 2.17. The number of hydrazone groups is 1. The maximum Gasteiger partial charge on any atom is 0.0524 e. The summed E-state index contributed by atoms with van der Waals surface area (Å²) in [4.78, 5) is 0. The first kappa shape index (κ1) is 13.0. The van der Waals surface area contributed by atoms with Crippen LogP contribution >= 0.6 is 0 Å². The van der Waals surface area contributed by atoms with Crippen LogP contribution in [-0.2, 0) is 0 Å². The van der Waals surface area contributed by atoms with Crippen molar-refractivity contribution in [1.82, 2.24) is 5.01 Å². The van der Waals surface area contributed by atoms with Crippen LogP contribution in [0.4, 0.5) is 0 Å². The van der Waals surface area contributed by atoms with Crippen LogP contribution in [-0.4, -0.2) is 17.8 Å². The van der Waals surface area contributed by atoms with Gasteiger partial charge in [0.15, 0.2) is 0 Å². The highest BCUT2D eigenvalue weighted by atomic mass is 15.5. The van der Waals surface area contributed by atoms with Gasteiger partial charge in [-0.25, -0.2) is 0 Å². The van der Waals surface area contributed by atoms with Gasteiger partial charge in [-0.3, -0.25) is 5.01 Å². The van der Waals surface area contributed by atoms with Gasteiger partial charge < -0.3 is 5.73 Å². The summed E-state index contributed by atoms with van der Waals surface area (Å²) in [5.74, 6) is 0.